The van der Waals surface area contributed by atoms with Crippen molar-refractivity contribution < 1.29 is 47.4 Å². The number of hydrogen-bond donors (Lipinski definition) is 4. The van der Waals surface area contributed by atoms with Crippen LogP contribution in [0.15, 0.2) is 91.5 Å². The van der Waals surface area contributed by atoms with Crippen LogP contribution in [0.3, 0.4) is 0 Å². The summed E-state index contributed by atoms with van der Waals surface area (Å²) in [6.07, 6.45) is 0.923. The number of methoxy groups -OCH3 is 1. The summed E-state index contributed by atoms with van der Waals surface area (Å²) in [6, 6.07) is 21.2. The van der Waals surface area contributed by atoms with Gasteiger partial charge in [-0.25, -0.2) is 9.78 Å². The van der Waals surface area contributed by atoms with E-state index >= 15 is 0 Å². The van der Waals surface area contributed by atoms with Gasteiger partial charge in [0.05, 0.1) is 36.8 Å². The molecular weight excluding hydrogens is 838 g/mol. The highest BCUT2D eigenvalue weighted by Crippen LogP contribution is 2.45. The van der Waals surface area contributed by atoms with Gasteiger partial charge < -0.3 is 44.5 Å². The number of rotatable bonds is 16. The lowest BCUT2D eigenvalue weighted by Crippen LogP contribution is -2.60. The molecule has 64 heavy (non-hydrogen) atoms. The lowest BCUT2D eigenvalue weighted by atomic mass is 9.85. The van der Waals surface area contributed by atoms with Crippen molar-refractivity contribution in [1.82, 2.24) is 25.8 Å². The number of benzene rings is 3. The molecule has 4 N–H and O–H groups in total. The summed E-state index contributed by atoms with van der Waals surface area (Å²) in [5.74, 6) is -0.760. The zero-order valence-corrected chi connectivity index (χ0v) is 38.7. The molecule has 0 bridgehead atoms. The third kappa shape index (κ3) is 11.1. The van der Waals surface area contributed by atoms with Crippen LogP contribution in [-0.4, -0.2) is 94.7 Å². The summed E-state index contributed by atoms with van der Waals surface area (Å²) in [5, 5.41) is 9.59. The first kappa shape index (κ1) is 47.7. The number of fused-ring (bicyclic) bond motifs is 1. The lowest BCUT2D eigenvalue weighted by Gasteiger charge is -2.36. The van der Waals surface area contributed by atoms with Crippen LogP contribution in [0.25, 0.3) is 22.2 Å². The number of nitrogens with one attached hydrogen (secondary N) is 3. The number of nitrogens with zero attached hydrogens (tertiary/aromatic N) is 2. The Morgan fingerprint density at radius 1 is 1.02 bits per heavy atom. The van der Waals surface area contributed by atoms with Crippen molar-refractivity contribution in [3.63, 3.8) is 0 Å². The predicted octanol–water partition coefficient (Wildman–Crippen LogP) is 6.47. The number of hydrogen-bond acceptors (Lipinski definition) is 10. The Kier molecular flexibility index (Phi) is 14.3. The number of amides is 4. The molecule has 6 rings (SSSR count). The third-order valence-corrected chi connectivity index (χ3v) is 12.8. The second-order valence-electron chi connectivity index (χ2n) is 18.3. The maximum absolute atomic E-state index is 14.8. The molecule has 1 saturated carbocycles. The van der Waals surface area contributed by atoms with Crippen LogP contribution in [0.1, 0.15) is 66.9 Å². The molecule has 1 aliphatic carbocycles. The van der Waals surface area contributed by atoms with Crippen LogP contribution in [-0.2, 0) is 34.6 Å². The Balaban J connectivity index is 1.27. The van der Waals surface area contributed by atoms with Crippen LogP contribution in [0.5, 0.6) is 11.5 Å². The van der Waals surface area contributed by atoms with E-state index in [4.69, 9.17) is 23.7 Å². The van der Waals surface area contributed by atoms with Gasteiger partial charge in [0.2, 0.25) is 17.7 Å². The van der Waals surface area contributed by atoms with Crippen LogP contribution in [0, 0.1) is 11.3 Å². The minimum absolute atomic E-state index is 0.0146. The number of carbonyl (C=O) groups is 4. The summed E-state index contributed by atoms with van der Waals surface area (Å²) in [6.45, 7) is 16.5. The summed E-state index contributed by atoms with van der Waals surface area (Å²) in [4.78, 5) is 73.1. The summed E-state index contributed by atoms with van der Waals surface area (Å²) >= 11 is 0. The molecule has 16 heteroatoms. The van der Waals surface area contributed by atoms with Crippen molar-refractivity contribution >= 4 is 47.6 Å². The van der Waals surface area contributed by atoms with Crippen molar-refractivity contribution in [2.75, 3.05) is 26.8 Å². The molecule has 1 saturated heterocycles. The Bertz CT molecular complexity index is 2420. The molecule has 2 unspecified atom stereocenters. The summed E-state index contributed by atoms with van der Waals surface area (Å²) < 4.78 is 35.2. The normalized spacial score (nSPS) is 21.0. The maximum Gasteiger partial charge on any atom is 0.408 e. The highest BCUT2D eigenvalue weighted by atomic mass is 31.2. The van der Waals surface area contributed by atoms with Crippen LogP contribution >= 0.6 is 7.60 Å². The first-order chi connectivity index (χ1) is 30.2. The fourth-order valence-corrected chi connectivity index (χ4v) is 8.89. The van der Waals surface area contributed by atoms with E-state index in [-0.39, 0.29) is 37.3 Å². The number of aromatic nitrogens is 1. The molecule has 4 aromatic rings. The van der Waals surface area contributed by atoms with Crippen molar-refractivity contribution in [1.29, 1.82) is 0 Å². The van der Waals surface area contributed by atoms with Gasteiger partial charge in [0, 0.05) is 42.0 Å². The van der Waals surface area contributed by atoms with E-state index in [1.807, 2.05) is 69.3 Å². The molecule has 0 spiro atoms. The first-order valence-electron chi connectivity index (χ1n) is 21.5. The minimum Gasteiger partial charge on any atom is -0.497 e. The number of pyridine rings is 1. The van der Waals surface area contributed by atoms with E-state index in [1.165, 1.54) is 17.0 Å². The lowest BCUT2D eigenvalue weighted by molar-refractivity contribution is -0.143. The van der Waals surface area contributed by atoms with Crippen molar-refractivity contribution in [3.8, 4) is 22.8 Å². The van der Waals surface area contributed by atoms with Gasteiger partial charge in [0.25, 0.3) is 0 Å². The standard InChI is InChI=1S/C48H60N5O10P/c1-10-32-28-48(32,44(56)49-24-23-30-17-20-35(21-18-30)64(58,59)61-11-2)52-42(54)39-26-34(29-53(39)43(55)41(46(3,4)5)51-45(57)63-47(6,7)8)62-40-27-37(31-15-13-12-14-16-31)50-38-25-33(60-9)19-22-36(38)40/h10,12-22,25,27,32,34,39,41H,1,11,23-24,26,28-29H2,2-9H3,(H,49,56)(H,51,57)(H,52,54)(H,58,59)/t32?,34-,39+,41-,48-/m1/s1. The van der Waals surface area contributed by atoms with E-state index < -0.39 is 66.2 Å². The molecule has 1 aromatic heterocycles. The zero-order chi connectivity index (χ0) is 46.6. The Morgan fingerprint density at radius 2 is 1.72 bits per heavy atom. The number of ether oxygens (including phenoxy) is 3. The second-order valence-corrected chi connectivity index (χ2v) is 20.1. The highest BCUT2D eigenvalue weighted by molar-refractivity contribution is 7.61. The van der Waals surface area contributed by atoms with Gasteiger partial charge in [0.1, 0.15) is 40.8 Å². The average Bonchev–Trinajstić information content (AvgIpc) is 3.80. The number of carbonyl (C=O) groups excluding carboxylic acids is 4. The van der Waals surface area contributed by atoms with Gasteiger partial charge in [-0.1, -0.05) is 69.3 Å². The van der Waals surface area contributed by atoms with Gasteiger partial charge in [-0.2, -0.15) is 0 Å². The van der Waals surface area contributed by atoms with E-state index in [9.17, 15) is 28.6 Å². The highest BCUT2D eigenvalue weighted by Gasteiger charge is 2.61. The van der Waals surface area contributed by atoms with Crippen molar-refractivity contribution in [2.45, 2.75) is 97.1 Å². The third-order valence-electron chi connectivity index (χ3n) is 11.3. The van der Waals surface area contributed by atoms with Gasteiger partial charge in [-0.3, -0.25) is 18.9 Å². The van der Waals surface area contributed by atoms with E-state index in [1.54, 1.807) is 59.1 Å². The monoisotopic (exact) mass is 897 g/mol. The SMILES string of the molecule is C=CC1C[C@]1(NC(=O)[C@@H]1C[C@@H](Oc2cc(-c3ccccc3)nc3cc(OC)ccc23)CN1C(=O)[C@@H](NC(=O)OC(C)(C)C)C(C)(C)C)C(=O)NCCc1ccc(P(=O)(O)OCC)cc1. The van der Waals surface area contributed by atoms with Crippen LogP contribution in [0.2, 0.25) is 0 Å². The molecule has 342 valence electrons. The number of likely N-dealkylation sites (tertiary alicyclic amines) is 1. The molecule has 6 atom stereocenters. The quantitative estimate of drug-likeness (QED) is 0.0712. The fourth-order valence-electron chi connectivity index (χ4n) is 7.87. The molecule has 2 fully saturated rings. The van der Waals surface area contributed by atoms with Crippen LogP contribution < -0.4 is 30.7 Å². The van der Waals surface area contributed by atoms with E-state index in [0.717, 1.165) is 11.1 Å². The Morgan fingerprint density at radius 3 is 2.33 bits per heavy atom. The smallest absolute Gasteiger partial charge is 0.408 e. The topological polar surface area (TPSA) is 195 Å². The second kappa shape index (κ2) is 19.1. The summed E-state index contributed by atoms with van der Waals surface area (Å²) in [7, 11) is -2.35. The average molecular weight is 898 g/mol. The molecular formula is C48H60N5O10P. The summed E-state index contributed by atoms with van der Waals surface area (Å²) in [5.41, 5.74) is -0.0219. The van der Waals surface area contributed by atoms with E-state index in [0.29, 0.717) is 40.9 Å². The molecule has 4 amide bonds. The first-order valence-corrected chi connectivity index (χ1v) is 23.1. The maximum atomic E-state index is 14.8. The van der Waals surface area contributed by atoms with Gasteiger partial charge in [-0.15, -0.1) is 6.58 Å². The van der Waals surface area contributed by atoms with Crippen LogP contribution in [0.4, 0.5) is 4.79 Å². The van der Waals surface area contributed by atoms with Gasteiger partial charge in [0.15, 0.2) is 0 Å². The predicted molar refractivity (Wildman–Crippen MR) is 244 cm³/mol. The molecule has 0 radical (unpaired) electrons. The van der Waals surface area contributed by atoms with Gasteiger partial charge >= 0.3 is 13.7 Å². The molecule has 3 aromatic carbocycles. The largest absolute Gasteiger partial charge is 0.497 e. The van der Waals surface area contributed by atoms with Crippen molar-refractivity contribution in [2.24, 2.45) is 11.3 Å². The van der Waals surface area contributed by atoms with Gasteiger partial charge in [-0.05, 0) is 75.8 Å². The Labute approximate surface area is 374 Å². The molecule has 2 aliphatic rings. The van der Waals surface area contributed by atoms with E-state index in [2.05, 4.69) is 22.5 Å². The minimum atomic E-state index is -3.92. The Hall–Kier alpha value is -5.76. The molecule has 15 nitrogen and oxygen atoms in total. The number of alkyl carbamates (subject to hydrolysis) is 1. The fraction of sp³-hybridized carbons (Fsp3) is 0.438. The zero-order valence-electron chi connectivity index (χ0n) is 37.8. The molecule has 1 aliphatic heterocycles. The molecule has 2 heterocycles. The van der Waals surface area contributed by atoms with Crippen molar-refractivity contribution in [3.05, 3.63) is 97.1 Å².